The Morgan fingerprint density at radius 1 is 1.14 bits per heavy atom. The highest BCUT2D eigenvalue weighted by molar-refractivity contribution is 5.97. The fraction of sp³-hybridized carbons (Fsp3) is 0.222. The Hall–Kier alpha value is -2.62. The number of carbonyl (C=O) groups is 2. The minimum absolute atomic E-state index is 0.0106. The largest absolute Gasteiger partial charge is 0.337 e. The molecule has 4 heteroatoms. The lowest BCUT2D eigenvalue weighted by Gasteiger charge is -2.20. The van der Waals surface area contributed by atoms with Gasteiger partial charge in [0.05, 0.1) is 0 Å². The Labute approximate surface area is 129 Å². The number of fused-ring (bicyclic) bond motifs is 1. The number of hydrogen-bond acceptors (Lipinski definition) is 2. The first-order valence-electron chi connectivity index (χ1n) is 7.35. The summed E-state index contributed by atoms with van der Waals surface area (Å²) in [6, 6.07) is 15.4. The summed E-state index contributed by atoms with van der Waals surface area (Å²) in [7, 11) is 1.80. The SMILES string of the molecule is CN(Cc1ccccc1)C(=O)c1ccc2c(c1)CCC(=O)N2. The van der Waals surface area contributed by atoms with Gasteiger partial charge in [0.1, 0.15) is 0 Å². The lowest BCUT2D eigenvalue weighted by atomic mass is 10.00. The van der Waals surface area contributed by atoms with Crippen LogP contribution in [0.4, 0.5) is 5.69 Å². The van der Waals surface area contributed by atoms with Crippen LogP contribution in [-0.4, -0.2) is 23.8 Å². The molecule has 0 aliphatic carbocycles. The van der Waals surface area contributed by atoms with Gasteiger partial charge in [0.15, 0.2) is 0 Å². The van der Waals surface area contributed by atoms with E-state index in [1.165, 1.54) is 0 Å². The average molecular weight is 294 g/mol. The highest BCUT2D eigenvalue weighted by Crippen LogP contribution is 2.24. The molecule has 1 heterocycles. The van der Waals surface area contributed by atoms with Crippen molar-refractivity contribution in [1.82, 2.24) is 4.90 Å². The van der Waals surface area contributed by atoms with Gasteiger partial charge in [-0.25, -0.2) is 0 Å². The standard InChI is InChI=1S/C18H18N2O2/c1-20(12-13-5-3-2-4-6-13)18(22)15-7-9-16-14(11-15)8-10-17(21)19-16/h2-7,9,11H,8,10,12H2,1H3,(H,19,21). The van der Waals surface area contributed by atoms with Crippen LogP contribution in [-0.2, 0) is 17.8 Å². The minimum Gasteiger partial charge on any atom is -0.337 e. The quantitative estimate of drug-likeness (QED) is 0.946. The van der Waals surface area contributed by atoms with Crippen LogP contribution in [0.25, 0.3) is 0 Å². The maximum absolute atomic E-state index is 12.5. The zero-order valence-corrected chi connectivity index (χ0v) is 12.5. The number of nitrogens with one attached hydrogen (secondary N) is 1. The molecule has 0 atom stereocenters. The van der Waals surface area contributed by atoms with Crippen LogP contribution >= 0.6 is 0 Å². The maximum Gasteiger partial charge on any atom is 0.253 e. The molecule has 4 nitrogen and oxygen atoms in total. The van der Waals surface area contributed by atoms with Crippen LogP contribution in [0.1, 0.15) is 27.9 Å². The third-order valence-corrected chi connectivity index (χ3v) is 3.86. The third kappa shape index (κ3) is 3.01. The van der Waals surface area contributed by atoms with Gasteiger partial charge in [-0.15, -0.1) is 0 Å². The number of benzene rings is 2. The molecule has 0 fully saturated rings. The van der Waals surface area contributed by atoms with Gasteiger partial charge in [-0.1, -0.05) is 30.3 Å². The molecule has 112 valence electrons. The first-order valence-corrected chi connectivity index (χ1v) is 7.35. The second-order valence-electron chi connectivity index (χ2n) is 5.57. The second kappa shape index (κ2) is 6.02. The normalized spacial score (nSPS) is 13.2. The Morgan fingerprint density at radius 3 is 2.68 bits per heavy atom. The van der Waals surface area contributed by atoms with E-state index in [-0.39, 0.29) is 11.8 Å². The monoisotopic (exact) mass is 294 g/mol. The summed E-state index contributed by atoms with van der Waals surface area (Å²) < 4.78 is 0. The van der Waals surface area contributed by atoms with Crippen LogP contribution < -0.4 is 5.32 Å². The molecule has 0 spiro atoms. The van der Waals surface area contributed by atoms with Crippen molar-refractivity contribution < 1.29 is 9.59 Å². The van der Waals surface area contributed by atoms with Gasteiger partial charge in [-0.3, -0.25) is 9.59 Å². The molecular formula is C18H18N2O2. The Kier molecular flexibility index (Phi) is 3.92. The lowest BCUT2D eigenvalue weighted by Crippen LogP contribution is -2.27. The van der Waals surface area contributed by atoms with Crippen molar-refractivity contribution in [2.75, 3.05) is 12.4 Å². The summed E-state index contributed by atoms with van der Waals surface area (Å²) in [6.07, 6.45) is 1.16. The summed E-state index contributed by atoms with van der Waals surface area (Å²) in [6.45, 7) is 0.577. The van der Waals surface area contributed by atoms with Crippen LogP contribution in [0, 0.1) is 0 Å². The molecule has 1 aliphatic heterocycles. The Balaban J connectivity index is 1.76. The molecular weight excluding hydrogens is 276 g/mol. The highest BCUT2D eigenvalue weighted by Gasteiger charge is 2.18. The van der Waals surface area contributed by atoms with Crippen LogP contribution in [0.5, 0.6) is 0 Å². The zero-order chi connectivity index (χ0) is 15.5. The molecule has 3 rings (SSSR count). The van der Waals surface area contributed by atoms with E-state index in [0.29, 0.717) is 24.9 Å². The molecule has 2 amide bonds. The van der Waals surface area contributed by atoms with Crippen molar-refractivity contribution in [3.05, 3.63) is 65.2 Å². The number of carbonyl (C=O) groups excluding carboxylic acids is 2. The van der Waals surface area contributed by atoms with Gasteiger partial charge >= 0.3 is 0 Å². The van der Waals surface area contributed by atoms with Gasteiger partial charge in [0, 0.05) is 31.3 Å². The number of nitrogens with zero attached hydrogens (tertiary/aromatic N) is 1. The highest BCUT2D eigenvalue weighted by atomic mass is 16.2. The van der Waals surface area contributed by atoms with Crippen molar-refractivity contribution in [1.29, 1.82) is 0 Å². The van der Waals surface area contributed by atoms with E-state index in [1.54, 1.807) is 18.0 Å². The van der Waals surface area contributed by atoms with Crippen LogP contribution in [0.3, 0.4) is 0 Å². The number of hydrogen-bond donors (Lipinski definition) is 1. The first kappa shape index (κ1) is 14.3. The number of anilines is 1. The van der Waals surface area contributed by atoms with Gasteiger partial charge in [0.2, 0.25) is 5.91 Å². The van der Waals surface area contributed by atoms with Crippen molar-refractivity contribution in [2.24, 2.45) is 0 Å². The average Bonchev–Trinajstić information content (AvgIpc) is 2.54. The maximum atomic E-state index is 12.5. The van der Waals surface area contributed by atoms with E-state index < -0.39 is 0 Å². The molecule has 2 aromatic rings. The fourth-order valence-corrected chi connectivity index (χ4v) is 2.67. The van der Waals surface area contributed by atoms with E-state index in [9.17, 15) is 9.59 Å². The number of amides is 2. The van der Waals surface area contributed by atoms with E-state index in [4.69, 9.17) is 0 Å². The predicted molar refractivity (Wildman–Crippen MR) is 85.6 cm³/mol. The van der Waals surface area contributed by atoms with E-state index in [1.807, 2.05) is 42.5 Å². The summed E-state index contributed by atoms with van der Waals surface area (Å²) >= 11 is 0. The summed E-state index contributed by atoms with van der Waals surface area (Å²) in [4.78, 5) is 25.6. The van der Waals surface area contributed by atoms with Crippen molar-refractivity contribution in [3.8, 4) is 0 Å². The molecule has 1 aliphatic rings. The number of rotatable bonds is 3. The van der Waals surface area contributed by atoms with E-state index in [0.717, 1.165) is 16.8 Å². The molecule has 0 bridgehead atoms. The molecule has 0 saturated heterocycles. The summed E-state index contributed by atoms with van der Waals surface area (Å²) in [5, 5.41) is 2.83. The van der Waals surface area contributed by atoms with Crippen molar-refractivity contribution >= 4 is 17.5 Å². The number of aryl methyl sites for hydroxylation is 1. The smallest absolute Gasteiger partial charge is 0.253 e. The topological polar surface area (TPSA) is 49.4 Å². The van der Waals surface area contributed by atoms with Crippen molar-refractivity contribution in [2.45, 2.75) is 19.4 Å². The van der Waals surface area contributed by atoms with Gasteiger partial charge in [-0.05, 0) is 35.7 Å². The molecule has 22 heavy (non-hydrogen) atoms. The molecule has 1 N–H and O–H groups in total. The fourth-order valence-electron chi connectivity index (χ4n) is 2.67. The lowest BCUT2D eigenvalue weighted by molar-refractivity contribution is -0.116. The molecule has 0 aromatic heterocycles. The molecule has 2 aromatic carbocycles. The Morgan fingerprint density at radius 2 is 1.91 bits per heavy atom. The first-order chi connectivity index (χ1) is 10.6. The minimum atomic E-state index is -0.0106. The van der Waals surface area contributed by atoms with Crippen LogP contribution in [0.2, 0.25) is 0 Å². The van der Waals surface area contributed by atoms with Gasteiger partial charge in [0.25, 0.3) is 5.91 Å². The van der Waals surface area contributed by atoms with Gasteiger partial charge < -0.3 is 10.2 Å². The van der Waals surface area contributed by atoms with Gasteiger partial charge in [-0.2, -0.15) is 0 Å². The van der Waals surface area contributed by atoms with E-state index in [2.05, 4.69) is 5.32 Å². The second-order valence-corrected chi connectivity index (χ2v) is 5.57. The van der Waals surface area contributed by atoms with E-state index >= 15 is 0 Å². The predicted octanol–water partition coefficient (Wildman–Crippen LogP) is 2.84. The molecule has 0 unspecified atom stereocenters. The molecule has 0 saturated carbocycles. The third-order valence-electron chi connectivity index (χ3n) is 3.86. The zero-order valence-electron chi connectivity index (χ0n) is 12.5. The molecule has 0 radical (unpaired) electrons. The van der Waals surface area contributed by atoms with Crippen molar-refractivity contribution in [3.63, 3.8) is 0 Å². The van der Waals surface area contributed by atoms with Crippen LogP contribution in [0.15, 0.2) is 48.5 Å². The summed E-state index contributed by atoms with van der Waals surface area (Å²) in [5.41, 5.74) is 3.61. The summed E-state index contributed by atoms with van der Waals surface area (Å²) in [5.74, 6) is 0.0244. The Bertz CT molecular complexity index is 710.